The highest BCUT2D eigenvalue weighted by molar-refractivity contribution is 4.96. The molecule has 1 fully saturated rings. The molecule has 0 bridgehead atoms. The summed E-state index contributed by atoms with van der Waals surface area (Å²) in [6.07, 6.45) is 0.694. The highest BCUT2D eigenvalue weighted by Gasteiger charge is 2.26. The van der Waals surface area contributed by atoms with Gasteiger partial charge in [-0.2, -0.15) is 4.98 Å². The fourth-order valence-corrected chi connectivity index (χ4v) is 1.85. The van der Waals surface area contributed by atoms with E-state index in [0.717, 1.165) is 26.1 Å². The lowest BCUT2D eigenvalue weighted by atomic mass is 10.2. The van der Waals surface area contributed by atoms with Crippen molar-refractivity contribution in [2.45, 2.75) is 32.4 Å². The Morgan fingerprint density at radius 2 is 2.35 bits per heavy atom. The fraction of sp³-hybridized carbons (Fsp3) is 0.818. The molecule has 2 rings (SSSR count). The average molecular weight is 240 g/mol. The van der Waals surface area contributed by atoms with E-state index >= 15 is 0 Å². The molecule has 2 heterocycles. The first-order valence-electron chi connectivity index (χ1n) is 6.17. The molecular weight excluding hydrogens is 220 g/mol. The van der Waals surface area contributed by atoms with E-state index in [2.05, 4.69) is 22.0 Å². The van der Waals surface area contributed by atoms with Crippen LogP contribution in [0.25, 0.3) is 0 Å². The van der Waals surface area contributed by atoms with E-state index in [1.54, 1.807) is 0 Å². The molecule has 1 aromatic heterocycles. The Kier molecular flexibility index (Phi) is 4.09. The topological polar surface area (TPSA) is 77.4 Å². The number of hydrogen-bond acceptors (Lipinski definition) is 6. The molecule has 1 aliphatic rings. The number of aromatic nitrogens is 2. The zero-order valence-corrected chi connectivity index (χ0v) is 10.4. The first-order valence-corrected chi connectivity index (χ1v) is 6.17. The van der Waals surface area contributed by atoms with Crippen LogP contribution in [0.3, 0.4) is 0 Å². The first kappa shape index (κ1) is 12.5. The molecular formula is C11H20N4O2. The minimum absolute atomic E-state index is 0.0924. The second-order valence-electron chi connectivity index (χ2n) is 4.26. The van der Waals surface area contributed by atoms with Crippen molar-refractivity contribution < 1.29 is 9.26 Å². The van der Waals surface area contributed by atoms with Crippen molar-refractivity contribution in [2.24, 2.45) is 5.73 Å². The first-order chi connectivity index (χ1) is 8.24. The van der Waals surface area contributed by atoms with Gasteiger partial charge in [-0.1, -0.05) is 19.0 Å². The molecule has 1 saturated heterocycles. The standard InChI is InChI=1S/C11H20N4O2/c1-3-8(12)11-13-10(14-17-11)9-7-15(4-2)5-6-16-9/h8-9H,3-7,12H2,1-2H3/t8-,9?/m0/s1. The van der Waals surface area contributed by atoms with Gasteiger partial charge in [-0.25, -0.2) is 0 Å². The van der Waals surface area contributed by atoms with Crippen LogP contribution in [0.4, 0.5) is 0 Å². The maximum Gasteiger partial charge on any atom is 0.243 e. The number of hydrogen-bond donors (Lipinski definition) is 1. The van der Waals surface area contributed by atoms with Gasteiger partial charge in [0.05, 0.1) is 12.6 Å². The van der Waals surface area contributed by atoms with E-state index in [0.29, 0.717) is 18.3 Å². The SMILES string of the molecule is CC[C@H](N)c1nc(C2CN(CC)CCO2)no1. The second-order valence-corrected chi connectivity index (χ2v) is 4.26. The third-order valence-corrected chi connectivity index (χ3v) is 3.10. The van der Waals surface area contributed by atoms with Crippen molar-refractivity contribution >= 4 is 0 Å². The third-order valence-electron chi connectivity index (χ3n) is 3.10. The summed E-state index contributed by atoms with van der Waals surface area (Å²) in [5.74, 6) is 1.11. The monoisotopic (exact) mass is 240 g/mol. The molecule has 6 nitrogen and oxygen atoms in total. The normalized spacial score (nSPS) is 23.8. The summed E-state index contributed by atoms with van der Waals surface area (Å²) >= 11 is 0. The molecule has 0 aliphatic carbocycles. The van der Waals surface area contributed by atoms with Gasteiger partial charge < -0.3 is 15.0 Å². The molecule has 0 radical (unpaired) electrons. The predicted octanol–water partition coefficient (Wildman–Crippen LogP) is 0.873. The lowest BCUT2D eigenvalue weighted by Gasteiger charge is -2.30. The maximum absolute atomic E-state index is 5.84. The minimum Gasteiger partial charge on any atom is -0.367 e. The van der Waals surface area contributed by atoms with Crippen LogP contribution in [0.2, 0.25) is 0 Å². The summed E-state index contributed by atoms with van der Waals surface area (Å²) < 4.78 is 10.8. The van der Waals surface area contributed by atoms with Gasteiger partial charge in [0, 0.05) is 13.1 Å². The van der Waals surface area contributed by atoms with E-state index in [1.165, 1.54) is 0 Å². The van der Waals surface area contributed by atoms with E-state index in [4.69, 9.17) is 15.0 Å². The zero-order valence-electron chi connectivity index (χ0n) is 10.4. The lowest BCUT2D eigenvalue weighted by molar-refractivity contribution is -0.0334. The van der Waals surface area contributed by atoms with Crippen LogP contribution in [0.15, 0.2) is 4.52 Å². The van der Waals surface area contributed by atoms with Crippen LogP contribution >= 0.6 is 0 Å². The molecule has 2 N–H and O–H groups in total. The van der Waals surface area contributed by atoms with E-state index < -0.39 is 0 Å². The van der Waals surface area contributed by atoms with Crippen LogP contribution in [-0.2, 0) is 4.74 Å². The Labute approximate surface area is 101 Å². The number of morpholine rings is 1. The van der Waals surface area contributed by atoms with Crippen molar-refractivity contribution in [3.8, 4) is 0 Å². The summed E-state index contributed by atoms with van der Waals surface area (Å²) in [4.78, 5) is 6.63. The van der Waals surface area contributed by atoms with Gasteiger partial charge >= 0.3 is 0 Å². The van der Waals surface area contributed by atoms with Crippen LogP contribution in [0.5, 0.6) is 0 Å². The van der Waals surface area contributed by atoms with Gasteiger partial charge in [-0.3, -0.25) is 4.90 Å². The van der Waals surface area contributed by atoms with Gasteiger partial charge in [-0.15, -0.1) is 0 Å². The minimum atomic E-state index is -0.179. The molecule has 2 atom stereocenters. The Morgan fingerprint density at radius 1 is 1.53 bits per heavy atom. The van der Waals surface area contributed by atoms with Crippen molar-refractivity contribution in [2.75, 3.05) is 26.2 Å². The van der Waals surface area contributed by atoms with Crippen molar-refractivity contribution in [1.82, 2.24) is 15.0 Å². The lowest BCUT2D eigenvalue weighted by Crippen LogP contribution is -2.38. The summed E-state index contributed by atoms with van der Waals surface area (Å²) in [7, 11) is 0. The van der Waals surface area contributed by atoms with E-state index in [9.17, 15) is 0 Å². The smallest absolute Gasteiger partial charge is 0.243 e. The van der Waals surface area contributed by atoms with Gasteiger partial charge in [0.25, 0.3) is 0 Å². The van der Waals surface area contributed by atoms with E-state index in [-0.39, 0.29) is 12.1 Å². The summed E-state index contributed by atoms with van der Waals surface area (Å²) in [5.41, 5.74) is 5.84. The molecule has 1 aromatic rings. The van der Waals surface area contributed by atoms with E-state index in [1.807, 2.05) is 6.92 Å². The molecule has 0 spiro atoms. The Morgan fingerprint density at radius 3 is 3.06 bits per heavy atom. The van der Waals surface area contributed by atoms with Gasteiger partial charge in [-0.05, 0) is 13.0 Å². The zero-order chi connectivity index (χ0) is 12.3. The molecule has 96 valence electrons. The van der Waals surface area contributed by atoms with Crippen molar-refractivity contribution in [1.29, 1.82) is 0 Å². The molecule has 6 heteroatoms. The molecule has 1 aliphatic heterocycles. The Hall–Kier alpha value is -0.980. The Balaban J connectivity index is 2.04. The molecule has 0 amide bonds. The highest BCUT2D eigenvalue weighted by atomic mass is 16.5. The summed E-state index contributed by atoms with van der Waals surface area (Å²) in [5, 5.41) is 3.96. The van der Waals surface area contributed by atoms with Crippen molar-refractivity contribution in [3.05, 3.63) is 11.7 Å². The predicted molar refractivity (Wildman–Crippen MR) is 62.3 cm³/mol. The molecule has 1 unspecified atom stereocenters. The third kappa shape index (κ3) is 2.83. The van der Waals surface area contributed by atoms with Crippen molar-refractivity contribution in [3.63, 3.8) is 0 Å². The summed E-state index contributed by atoms with van der Waals surface area (Å²) in [6, 6.07) is -0.179. The number of ether oxygens (including phenoxy) is 1. The van der Waals surface area contributed by atoms with Gasteiger partial charge in [0.15, 0.2) is 0 Å². The Bertz CT molecular complexity index is 355. The largest absolute Gasteiger partial charge is 0.367 e. The van der Waals surface area contributed by atoms with Crippen LogP contribution in [-0.4, -0.2) is 41.3 Å². The molecule has 0 saturated carbocycles. The van der Waals surface area contributed by atoms with Gasteiger partial charge in [0.1, 0.15) is 6.10 Å². The summed E-state index contributed by atoms with van der Waals surface area (Å²) in [6.45, 7) is 7.63. The quantitative estimate of drug-likeness (QED) is 0.841. The van der Waals surface area contributed by atoms with Gasteiger partial charge in [0.2, 0.25) is 11.7 Å². The molecule has 0 aromatic carbocycles. The second kappa shape index (κ2) is 5.57. The highest BCUT2D eigenvalue weighted by Crippen LogP contribution is 2.21. The number of likely N-dealkylation sites (N-methyl/N-ethyl adjacent to an activating group) is 1. The number of nitrogens with two attached hydrogens (primary N) is 1. The van der Waals surface area contributed by atoms with Crippen LogP contribution in [0, 0.1) is 0 Å². The fourth-order valence-electron chi connectivity index (χ4n) is 1.85. The number of nitrogens with zero attached hydrogens (tertiary/aromatic N) is 3. The van der Waals surface area contributed by atoms with Crippen LogP contribution < -0.4 is 5.73 Å². The van der Waals surface area contributed by atoms with Crippen LogP contribution in [0.1, 0.15) is 44.1 Å². The molecule has 17 heavy (non-hydrogen) atoms. The average Bonchev–Trinajstić information content (AvgIpc) is 2.87. The maximum atomic E-state index is 5.84. The number of rotatable bonds is 4.